The van der Waals surface area contributed by atoms with Crippen LogP contribution in [0.15, 0.2) is 24.8 Å². The van der Waals surface area contributed by atoms with Crippen molar-refractivity contribution in [3.8, 4) is 0 Å². The van der Waals surface area contributed by atoms with Crippen LogP contribution in [0.3, 0.4) is 0 Å². The van der Waals surface area contributed by atoms with E-state index < -0.39 is 0 Å². The molecule has 0 heterocycles. The van der Waals surface area contributed by atoms with E-state index in [1.165, 1.54) is 47.9 Å². The van der Waals surface area contributed by atoms with Gasteiger partial charge in [-0.15, -0.1) is 6.58 Å². The van der Waals surface area contributed by atoms with Gasteiger partial charge in [-0.3, -0.25) is 0 Å². The lowest BCUT2D eigenvalue weighted by Crippen LogP contribution is -1.95. The Bertz CT molecular complexity index is 347. The van der Waals surface area contributed by atoms with Gasteiger partial charge in [0.25, 0.3) is 0 Å². The van der Waals surface area contributed by atoms with Gasteiger partial charge in [-0.25, -0.2) is 0 Å². The molecule has 0 aliphatic heterocycles. The first-order valence-electron chi connectivity index (χ1n) is 6.33. The van der Waals surface area contributed by atoms with Crippen LogP contribution in [0.5, 0.6) is 0 Å². The lowest BCUT2D eigenvalue weighted by molar-refractivity contribution is 0.685. The number of allylic oxidation sites excluding steroid dienone is 1. The Morgan fingerprint density at radius 1 is 1.00 bits per heavy atom. The van der Waals surface area contributed by atoms with Gasteiger partial charge in [-0.05, 0) is 68.7 Å². The molecule has 0 aliphatic rings. The number of hydrogen-bond acceptors (Lipinski definition) is 0. The fourth-order valence-corrected chi connectivity index (χ4v) is 2.06. The zero-order valence-corrected chi connectivity index (χ0v) is 11.0. The maximum atomic E-state index is 3.75. The zero-order valence-electron chi connectivity index (χ0n) is 11.0. The molecular formula is C16H24. The molecule has 0 spiro atoms. The summed E-state index contributed by atoms with van der Waals surface area (Å²) in [5.74, 6) is 0. The van der Waals surface area contributed by atoms with Crippen LogP contribution in [0.25, 0.3) is 0 Å². The molecule has 16 heavy (non-hydrogen) atoms. The molecule has 0 nitrogen and oxygen atoms in total. The number of rotatable bonds is 6. The first kappa shape index (κ1) is 13.0. The minimum absolute atomic E-state index is 1.16. The molecular weight excluding hydrogens is 192 g/mol. The monoisotopic (exact) mass is 216 g/mol. The molecule has 1 aromatic rings. The normalized spacial score (nSPS) is 10.4. The van der Waals surface area contributed by atoms with Gasteiger partial charge in [-0.1, -0.05) is 24.6 Å². The molecule has 0 aliphatic carbocycles. The molecule has 0 N–H and O–H groups in total. The Kier molecular flexibility index (Phi) is 5.31. The van der Waals surface area contributed by atoms with Crippen LogP contribution in [0.2, 0.25) is 0 Å². The van der Waals surface area contributed by atoms with Gasteiger partial charge < -0.3 is 0 Å². The zero-order chi connectivity index (χ0) is 12.0. The molecule has 0 fully saturated rings. The molecule has 1 aromatic carbocycles. The number of benzene rings is 1. The van der Waals surface area contributed by atoms with E-state index in [1.807, 2.05) is 6.08 Å². The molecule has 0 aromatic heterocycles. The van der Waals surface area contributed by atoms with E-state index in [-0.39, 0.29) is 0 Å². The molecule has 0 heteroatoms. The fourth-order valence-electron chi connectivity index (χ4n) is 2.06. The third kappa shape index (κ3) is 3.52. The van der Waals surface area contributed by atoms with E-state index in [0.29, 0.717) is 0 Å². The summed E-state index contributed by atoms with van der Waals surface area (Å²) >= 11 is 0. The van der Waals surface area contributed by atoms with Crippen molar-refractivity contribution in [1.82, 2.24) is 0 Å². The summed E-state index contributed by atoms with van der Waals surface area (Å²) in [5, 5.41) is 0. The predicted molar refractivity (Wildman–Crippen MR) is 73.0 cm³/mol. The molecule has 0 atom stereocenters. The van der Waals surface area contributed by atoms with E-state index in [9.17, 15) is 0 Å². The SMILES string of the molecule is C=CCCCCCc1ccc(C)c(C)c1C. The highest BCUT2D eigenvalue weighted by Crippen LogP contribution is 2.19. The predicted octanol–water partition coefficient (Wildman–Crippen LogP) is 4.90. The van der Waals surface area contributed by atoms with Crippen LogP contribution >= 0.6 is 0 Å². The Hall–Kier alpha value is -1.04. The Balaban J connectivity index is 2.48. The van der Waals surface area contributed by atoms with E-state index in [2.05, 4.69) is 39.5 Å². The van der Waals surface area contributed by atoms with Crippen molar-refractivity contribution in [3.63, 3.8) is 0 Å². The fraction of sp³-hybridized carbons (Fsp3) is 0.500. The van der Waals surface area contributed by atoms with Crippen molar-refractivity contribution < 1.29 is 0 Å². The summed E-state index contributed by atoms with van der Waals surface area (Å²) in [7, 11) is 0. The van der Waals surface area contributed by atoms with E-state index in [1.54, 1.807) is 0 Å². The molecule has 0 saturated heterocycles. The van der Waals surface area contributed by atoms with Crippen LogP contribution < -0.4 is 0 Å². The summed E-state index contributed by atoms with van der Waals surface area (Å²) in [4.78, 5) is 0. The summed E-state index contributed by atoms with van der Waals surface area (Å²) < 4.78 is 0. The minimum atomic E-state index is 1.16. The van der Waals surface area contributed by atoms with Crippen molar-refractivity contribution in [2.24, 2.45) is 0 Å². The lowest BCUT2D eigenvalue weighted by atomic mass is 9.95. The summed E-state index contributed by atoms with van der Waals surface area (Å²) in [6.07, 6.45) is 8.31. The van der Waals surface area contributed by atoms with Gasteiger partial charge in [0.05, 0.1) is 0 Å². The van der Waals surface area contributed by atoms with Crippen LogP contribution in [0, 0.1) is 20.8 Å². The average molecular weight is 216 g/mol. The van der Waals surface area contributed by atoms with Gasteiger partial charge in [0, 0.05) is 0 Å². The third-order valence-electron chi connectivity index (χ3n) is 3.52. The van der Waals surface area contributed by atoms with Crippen molar-refractivity contribution >= 4 is 0 Å². The van der Waals surface area contributed by atoms with Crippen molar-refractivity contribution in [2.75, 3.05) is 0 Å². The second kappa shape index (κ2) is 6.52. The first-order chi connectivity index (χ1) is 7.66. The lowest BCUT2D eigenvalue weighted by Gasteiger charge is -2.10. The van der Waals surface area contributed by atoms with E-state index in [4.69, 9.17) is 0 Å². The summed E-state index contributed by atoms with van der Waals surface area (Å²) in [6.45, 7) is 10.4. The standard InChI is InChI=1S/C16H24/c1-5-6-7-8-9-10-16-12-11-13(2)14(3)15(16)4/h5,11-12H,1,6-10H2,2-4H3. The molecule has 0 unspecified atom stereocenters. The van der Waals surface area contributed by atoms with Crippen molar-refractivity contribution in [1.29, 1.82) is 0 Å². The first-order valence-corrected chi connectivity index (χ1v) is 6.33. The van der Waals surface area contributed by atoms with Crippen LogP contribution in [-0.2, 0) is 6.42 Å². The highest BCUT2D eigenvalue weighted by Gasteiger charge is 2.03. The highest BCUT2D eigenvalue weighted by molar-refractivity contribution is 5.38. The van der Waals surface area contributed by atoms with Gasteiger partial charge in [0.2, 0.25) is 0 Å². The Labute approximate surface area is 100 Å². The van der Waals surface area contributed by atoms with E-state index in [0.717, 1.165) is 6.42 Å². The molecule has 0 bridgehead atoms. The second-order valence-corrected chi connectivity index (χ2v) is 4.68. The van der Waals surface area contributed by atoms with Crippen LogP contribution in [-0.4, -0.2) is 0 Å². The number of aryl methyl sites for hydroxylation is 2. The van der Waals surface area contributed by atoms with Gasteiger partial charge in [-0.2, -0.15) is 0 Å². The van der Waals surface area contributed by atoms with Crippen molar-refractivity contribution in [3.05, 3.63) is 47.0 Å². The van der Waals surface area contributed by atoms with Crippen molar-refractivity contribution in [2.45, 2.75) is 52.9 Å². The van der Waals surface area contributed by atoms with Crippen LogP contribution in [0.1, 0.15) is 47.9 Å². The maximum absolute atomic E-state index is 3.75. The molecule has 0 saturated carbocycles. The van der Waals surface area contributed by atoms with Gasteiger partial charge in [0.15, 0.2) is 0 Å². The minimum Gasteiger partial charge on any atom is -0.103 e. The topological polar surface area (TPSA) is 0 Å². The highest BCUT2D eigenvalue weighted by atomic mass is 14.1. The van der Waals surface area contributed by atoms with Gasteiger partial charge >= 0.3 is 0 Å². The average Bonchev–Trinajstić information content (AvgIpc) is 2.28. The van der Waals surface area contributed by atoms with Gasteiger partial charge in [0.1, 0.15) is 0 Å². The quantitative estimate of drug-likeness (QED) is 0.468. The number of hydrogen-bond donors (Lipinski definition) is 0. The maximum Gasteiger partial charge on any atom is -0.0276 e. The largest absolute Gasteiger partial charge is 0.103 e. The van der Waals surface area contributed by atoms with Crippen LogP contribution in [0.4, 0.5) is 0 Å². The Morgan fingerprint density at radius 3 is 2.44 bits per heavy atom. The molecule has 88 valence electrons. The van der Waals surface area contributed by atoms with E-state index >= 15 is 0 Å². The summed E-state index contributed by atoms with van der Waals surface area (Å²) in [5.41, 5.74) is 5.89. The molecule has 1 rings (SSSR count). The third-order valence-corrected chi connectivity index (χ3v) is 3.52. The molecule has 0 amide bonds. The Morgan fingerprint density at radius 2 is 1.75 bits per heavy atom. The number of unbranched alkanes of at least 4 members (excludes halogenated alkanes) is 3. The summed E-state index contributed by atoms with van der Waals surface area (Å²) in [6, 6.07) is 4.55. The second-order valence-electron chi connectivity index (χ2n) is 4.68. The molecule has 0 radical (unpaired) electrons. The smallest absolute Gasteiger partial charge is 0.0276 e.